The summed E-state index contributed by atoms with van der Waals surface area (Å²) >= 11 is 0. The molecule has 1 heteroatoms. The number of nitrogens with zero attached hydrogens (tertiary/aromatic N) is 1. The molecule has 0 atom stereocenters. The Labute approximate surface area is 392 Å². The van der Waals surface area contributed by atoms with Crippen LogP contribution in [-0.2, 0) is 5.41 Å². The molecule has 12 aromatic rings. The number of fused-ring (bicyclic) bond motifs is 5. The van der Waals surface area contributed by atoms with E-state index in [0.717, 1.165) is 0 Å². The van der Waals surface area contributed by atoms with Crippen LogP contribution in [0.3, 0.4) is 0 Å². The molecule has 0 amide bonds. The Morgan fingerprint density at radius 2 is 0.567 bits per heavy atom. The molecule has 0 radical (unpaired) electrons. The highest BCUT2D eigenvalue weighted by atomic mass is 15.0. The van der Waals surface area contributed by atoms with E-state index in [2.05, 4.69) is 268 Å². The van der Waals surface area contributed by atoms with Gasteiger partial charge in [-0.3, -0.25) is 0 Å². The fraction of sp³-hybridized carbons (Fsp3) is 0.0606. The zero-order valence-corrected chi connectivity index (χ0v) is 38.0. The molecule has 0 N–H and O–H groups in total. The molecule has 0 aliphatic heterocycles. The first kappa shape index (κ1) is 40.3. The van der Waals surface area contributed by atoms with Crippen molar-refractivity contribution >= 4 is 43.4 Å². The van der Waals surface area contributed by atoms with Gasteiger partial charge in [0.2, 0.25) is 0 Å². The summed E-state index contributed by atoms with van der Waals surface area (Å²) in [7, 11) is 0. The average molecular weight is 856 g/mol. The third kappa shape index (κ3) is 7.21. The molecule has 0 unspecified atom stereocenters. The van der Waals surface area contributed by atoms with Crippen molar-refractivity contribution in [3.63, 3.8) is 0 Å². The molecule has 1 nitrogen and oxygen atoms in total. The summed E-state index contributed by atoms with van der Waals surface area (Å²) in [5.74, 6) is 0. The molecule has 12 rings (SSSR count). The van der Waals surface area contributed by atoms with E-state index in [1.807, 2.05) is 0 Å². The molecule has 1 aromatic heterocycles. The SMILES string of the molecule is CC(C)(C)c1ccc(-c2ccc(-c3ccc(-c4c5ccccc5c(-c5ccc(-c6ccc(-c7ccc8c(c7)c7ccccc7n8-c7ccccc7)cc6)cc5)c5ccccc45)cc3)cc2)cc1. The first-order chi connectivity index (χ1) is 32.9. The monoisotopic (exact) mass is 855 g/mol. The van der Waals surface area contributed by atoms with E-state index in [0.29, 0.717) is 0 Å². The number of aromatic nitrogens is 1. The van der Waals surface area contributed by atoms with Gasteiger partial charge in [-0.25, -0.2) is 0 Å². The van der Waals surface area contributed by atoms with E-state index < -0.39 is 0 Å². The van der Waals surface area contributed by atoms with Crippen molar-refractivity contribution < 1.29 is 0 Å². The van der Waals surface area contributed by atoms with E-state index >= 15 is 0 Å². The number of hydrogen-bond donors (Lipinski definition) is 0. The normalized spacial score (nSPS) is 11.8. The minimum Gasteiger partial charge on any atom is -0.309 e. The standard InChI is InChI=1S/C66H49N/c1-66(2,3)54-40-37-49(38-41-54)46-23-21-44(22-24-46)47-29-33-51(34-30-47)64-57-16-7-9-18-59(57)65(60-19-10-8-17-58(60)64)52-35-31-48(32-36-52)45-25-27-50(28-26-45)53-39-42-63-61(43-53)56-15-11-12-20-62(56)67(63)55-13-5-4-6-14-55/h4-43H,1-3H3. The van der Waals surface area contributed by atoms with Crippen LogP contribution in [0.1, 0.15) is 26.3 Å². The first-order valence-electron chi connectivity index (χ1n) is 23.4. The lowest BCUT2D eigenvalue weighted by Gasteiger charge is -2.19. The maximum absolute atomic E-state index is 2.37. The van der Waals surface area contributed by atoms with Crippen LogP contribution in [0.15, 0.2) is 243 Å². The second-order valence-electron chi connectivity index (χ2n) is 18.9. The van der Waals surface area contributed by atoms with Crippen LogP contribution >= 0.6 is 0 Å². The molecular weight excluding hydrogens is 807 g/mol. The minimum atomic E-state index is 0.144. The Balaban J connectivity index is 0.837. The number of hydrogen-bond acceptors (Lipinski definition) is 0. The Kier molecular flexibility index (Phi) is 9.81. The van der Waals surface area contributed by atoms with E-state index in [4.69, 9.17) is 0 Å². The molecule has 0 aliphatic carbocycles. The van der Waals surface area contributed by atoms with Gasteiger partial charge < -0.3 is 4.57 Å². The maximum atomic E-state index is 2.37. The number of rotatable bonds is 7. The highest BCUT2D eigenvalue weighted by Crippen LogP contribution is 2.44. The molecule has 0 saturated heterocycles. The molecular formula is C66H49N. The lowest BCUT2D eigenvalue weighted by atomic mass is 9.85. The van der Waals surface area contributed by atoms with Gasteiger partial charge in [0, 0.05) is 16.5 Å². The molecule has 11 aromatic carbocycles. The molecule has 0 saturated carbocycles. The molecule has 67 heavy (non-hydrogen) atoms. The van der Waals surface area contributed by atoms with Crippen LogP contribution in [0.4, 0.5) is 0 Å². The molecule has 0 bridgehead atoms. The second-order valence-corrected chi connectivity index (χ2v) is 18.9. The van der Waals surface area contributed by atoms with E-state index in [1.54, 1.807) is 0 Å². The van der Waals surface area contributed by atoms with Crippen molar-refractivity contribution in [2.45, 2.75) is 26.2 Å². The lowest BCUT2D eigenvalue weighted by Crippen LogP contribution is -2.10. The van der Waals surface area contributed by atoms with Crippen molar-refractivity contribution in [1.82, 2.24) is 4.57 Å². The summed E-state index contributed by atoms with van der Waals surface area (Å²) in [4.78, 5) is 0. The average Bonchev–Trinajstić information content (AvgIpc) is 3.72. The Bertz CT molecular complexity index is 3700. The van der Waals surface area contributed by atoms with E-state index in [-0.39, 0.29) is 5.41 Å². The maximum Gasteiger partial charge on any atom is 0.0541 e. The second kappa shape index (κ2) is 16.3. The number of benzene rings is 11. The van der Waals surface area contributed by atoms with Gasteiger partial charge in [0.15, 0.2) is 0 Å². The van der Waals surface area contributed by atoms with Crippen LogP contribution in [0, 0.1) is 0 Å². The summed E-state index contributed by atoms with van der Waals surface area (Å²) in [6.45, 7) is 6.78. The molecule has 0 aliphatic rings. The van der Waals surface area contributed by atoms with Crippen molar-refractivity contribution in [3.8, 4) is 72.4 Å². The van der Waals surface area contributed by atoms with Gasteiger partial charge in [0.1, 0.15) is 0 Å². The van der Waals surface area contributed by atoms with Crippen LogP contribution in [0.25, 0.3) is 116 Å². The zero-order chi connectivity index (χ0) is 45.1. The lowest BCUT2D eigenvalue weighted by molar-refractivity contribution is 0.590. The fourth-order valence-corrected chi connectivity index (χ4v) is 10.3. The van der Waals surface area contributed by atoms with Gasteiger partial charge in [0.25, 0.3) is 0 Å². The molecule has 318 valence electrons. The first-order valence-corrected chi connectivity index (χ1v) is 23.4. The van der Waals surface area contributed by atoms with Crippen LogP contribution < -0.4 is 0 Å². The predicted octanol–water partition coefficient (Wildman–Crippen LogP) is 18.4. The fourth-order valence-electron chi connectivity index (χ4n) is 10.3. The van der Waals surface area contributed by atoms with Crippen molar-refractivity contribution in [3.05, 3.63) is 248 Å². The summed E-state index contributed by atoms with van der Waals surface area (Å²) in [6.07, 6.45) is 0. The van der Waals surface area contributed by atoms with Gasteiger partial charge in [-0.15, -0.1) is 0 Å². The van der Waals surface area contributed by atoms with Crippen LogP contribution in [0.2, 0.25) is 0 Å². The molecule has 0 spiro atoms. The zero-order valence-electron chi connectivity index (χ0n) is 38.0. The van der Waals surface area contributed by atoms with Crippen molar-refractivity contribution in [2.75, 3.05) is 0 Å². The van der Waals surface area contributed by atoms with Gasteiger partial charge in [0.05, 0.1) is 11.0 Å². The summed E-state index contributed by atoms with van der Waals surface area (Å²) < 4.78 is 2.37. The highest BCUT2D eigenvalue weighted by molar-refractivity contribution is 6.21. The molecule has 1 heterocycles. The summed E-state index contributed by atoms with van der Waals surface area (Å²) in [5.41, 5.74) is 19.8. The Hall–Kier alpha value is -8.26. The van der Waals surface area contributed by atoms with Crippen LogP contribution in [-0.4, -0.2) is 4.57 Å². The topological polar surface area (TPSA) is 4.93 Å². The Morgan fingerprint density at radius 3 is 0.985 bits per heavy atom. The van der Waals surface area contributed by atoms with E-state index in [1.165, 1.54) is 121 Å². The largest absolute Gasteiger partial charge is 0.309 e. The number of para-hydroxylation sites is 2. The van der Waals surface area contributed by atoms with Crippen molar-refractivity contribution in [2.24, 2.45) is 0 Å². The van der Waals surface area contributed by atoms with Gasteiger partial charge in [-0.1, -0.05) is 233 Å². The van der Waals surface area contributed by atoms with E-state index in [9.17, 15) is 0 Å². The molecule has 0 fully saturated rings. The van der Waals surface area contributed by atoms with Gasteiger partial charge >= 0.3 is 0 Å². The third-order valence-corrected chi connectivity index (χ3v) is 13.8. The predicted molar refractivity (Wildman–Crippen MR) is 287 cm³/mol. The minimum absolute atomic E-state index is 0.144. The quantitative estimate of drug-likeness (QED) is 0.141. The summed E-state index contributed by atoms with van der Waals surface area (Å²) in [5, 5.41) is 7.56. The van der Waals surface area contributed by atoms with Crippen molar-refractivity contribution in [1.29, 1.82) is 0 Å². The van der Waals surface area contributed by atoms with Gasteiger partial charge in [-0.2, -0.15) is 0 Å². The highest BCUT2D eigenvalue weighted by Gasteiger charge is 2.18. The third-order valence-electron chi connectivity index (χ3n) is 13.8. The van der Waals surface area contributed by atoms with Crippen LogP contribution in [0.5, 0.6) is 0 Å². The smallest absolute Gasteiger partial charge is 0.0541 e. The Morgan fingerprint density at radius 1 is 0.254 bits per heavy atom. The van der Waals surface area contributed by atoms with Gasteiger partial charge in [-0.05, 0) is 130 Å². The summed E-state index contributed by atoms with van der Waals surface area (Å²) in [6, 6.07) is 89.4.